The molecule has 0 aromatic heterocycles. The molecule has 1 aliphatic rings. The first-order valence-electron chi connectivity index (χ1n) is 5.22. The van der Waals surface area contributed by atoms with Crippen LogP contribution in [0.25, 0.3) is 0 Å². The van der Waals surface area contributed by atoms with E-state index in [-0.39, 0.29) is 0 Å². The van der Waals surface area contributed by atoms with Gasteiger partial charge in [0.2, 0.25) is 0 Å². The third-order valence-electron chi connectivity index (χ3n) is 3.18. The summed E-state index contributed by atoms with van der Waals surface area (Å²) in [6, 6.07) is 0.741. The van der Waals surface area contributed by atoms with Gasteiger partial charge in [-0.1, -0.05) is 34.6 Å². The van der Waals surface area contributed by atoms with Crippen LogP contribution in [0.3, 0.4) is 0 Å². The van der Waals surface area contributed by atoms with Crippen molar-refractivity contribution < 1.29 is 0 Å². The molecule has 2 unspecified atom stereocenters. The normalized spacial score (nSPS) is 29.0. The van der Waals surface area contributed by atoms with Crippen LogP contribution in [0.1, 0.15) is 41.0 Å². The first-order chi connectivity index (χ1) is 5.49. The summed E-state index contributed by atoms with van der Waals surface area (Å²) in [6.45, 7) is 12.7. The first-order valence-corrected chi connectivity index (χ1v) is 5.22. The summed E-state index contributed by atoms with van der Waals surface area (Å²) in [4.78, 5) is 0. The van der Waals surface area contributed by atoms with Gasteiger partial charge in [-0.25, -0.2) is 0 Å². The molecule has 0 aromatic carbocycles. The van der Waals surface area contributed by atoms with Crippen molar-refractivity contribution in [3.05, 3.63) is 0 Å². The molecule has 1 N–H and O–H groups in total. The minimum absolute atomic E-state index is 0.608. The topological polar surface area (TPSA) is 12.0 Å². The van der Waals surface area contributed by atoms with Gasteiger partial charge in [-0.2, -0.15) is 0 Å². The Hall–Kier alpha value is -0.0400. The van der Waals surface area contributed by atoms with Crippen LogP contribution in [0.5, 0.6) is 0 Å². The van der Waals surface area contributed by atoms with Gasteiger partial charge in [0.25, 0.3) is 0 Å². The summed E-state index contributed by atoms with van der Waals surface area (Å²) < 4.78 is 0. The summed E-state index contributed by atoms with van der Waals surface area (Å²) in [6.07, 6.45) is 1.41. The average Bonchev–Trinajstić information content (AvgIpc) is 2.54. The summed E-state index contributed by atoms with van der Waals surface area (Å²) in [5.41, 5.74) is 0.608. The molecular weight excluding hydrogens is 146 g/mol. The summed E-state index contributed by atoms with van der Waals surface area (Å²) in [7, 11) is 0. The number of hydrogen-bond acceptors (Lipinski definition) is 1. The van der Waals surface area contributed by atoms with Crippen molar-refractivity contribution in [2.75, 3.05) is 6.54 Å². The van der Waals surface area contributed by atoms with Gasteiger partial charge in [-0.15, -0.1) is 0 Å². The second-order valence-corrected chi connectivity index (χ2v) is 5.13. The zero-order valence-electron chi connectivity index (χ0n) is 9.15. The van der Waals surface area contributed by atoms with Crippen molar-refractivity contribution in [2.45, 2.75) is 47.1 Å². The van der Waals surface area contributed by atoms with Crippen LogP contribution in [-0.2, 0) is 0 Å². The maximum atomic E-state index is 3.60. The zero-order chi connectivity index (χ0) is 9.35. The molecule has 1 heteroatoms. The van der Waals surface area contributed by atoms with Crippen molar-refractivity contribution in [1.29, 1.82) is 0 Å². The summed E-state index contributed by atoms with van der Waals surface area (Å²) in [5, 5.41) is 3.60. The Morgan fingerprint density at radius 3 is 2.17 bits per heavy atom. The van der Waals surface area contributed by atoms with E-state index in [1.807, 2.05) is 0 Å². The van der Waals surface area contributed by atoms with E-state index in [1.165, 1.54) is 6.42 Å². The molecule has 1 aliphatic carbocycles. The molecule has 72 valence electrons. The lowest BCUT2D eigenvalue weighted by molar-refractivity contribution is 0.331. The van der Waals surface area contributed by atoms with Crippen LogP contribution in [0.4, 0.5) is 0 Å². The standard InChI is InChI=1S/C11H23N/c1-6-12-10(8(2)3)9-7-11(9,4)5/h8-10,12H,6-7H2,1-5H3. The molecule has 0 radical (unpaired) electrons. The Kier molecular flexibility index (Phi) is 2.82. The molecule has 0 heterocycles. The van der Waals surface area contributed by atoms with Gasteiger partial charge in [0, 0.05) is 6.04 Å². The van der Waals surface area contributed by atoms with E-state index in [1.54, 1.807) is 0 Å². The van der Waals surface area contributed by atoms with Crippen LogP contribution in [-0.4, -0.2) is 12.6 Å². The second kappa shape index (κ2) is 3.37. The number of nitrogens with one attached hydrogen (secondary N) is 1. The van der Waals surface area contributed by atoms with Crippen molar-refractivity contribution in [3.63, 3.8) is 0 Å². The third kappa shape index (κ3) is 2.01. The lowest BCUT2D eigenvalue weighted by Gasteiger charge is -2.23. The molecule has 0 aliphatic heterocycles. The van der Waals surface area contributed by atoms with E-state index < -0.39 is 0 Å². The minimum atomic E-state index is 0.608. The number of hydrogen-bond donors (Lipinski definition) is 1. The zero-order valence-corrected chi connectivity index (χ0v) is 9.15. The number of rotatable bonds is 4. The average molecular weight is 169 g/mol. The van der Waals surface area contributed by atoms with Crippen LogP contribution >= 0.6 is 0 Å². The summed E-state index contributed by atoms with van der Waals surface area (Å²) >= 11 is 0. The Labute approximate surface area is 76.9 Å². The van der Waals surface area contributed by atoms with Gasteiger partial charge in [0.05, 0.1) is 0 Å². The predicted octanol–water partition coefficient (Wildman–Crippen LogP) is 2.67. The molecular formula is C11H23N. The smallest absolute Gasteiger partial charge is 0.0123 e. The van der Waals surface area contributed by atoms with E-state index in [2.05, 4.69) is 39.9 Å². The van der Waals surface area contributed by atoms with E-state index >= 15 is 0 Å². The quantitative estimate of drug-likeness (QED) is 0.682. The SMILES string of the molecule is CCNC(C(C)C)C1CC1(C)C. The van der Waals surface area contributed by atoms with E-state index in [0.717, 1.165) is 24.4 Å². The van der Waals surface area contributed by atoms with Gasteiger partial charge in [0.15, 0.2) is 0 Å². The highest BCUT2D eigenvalue weighted by Crippen LogP contribution is 2.54. The van der Waals surface area contributed by atoms with Gasteiger partial charge in [-0.3, -0.25) is 0 Å². The monoisotopic (exact) mass is 169 g/mol. The van der Waals surface area contributed by atoms with Crippen molar-refractivity contribution >= 4 is 0 Å². The Morgan fingerprint density at radius 1 is 1.42 bits per heavy atom. The summed E-state index contributed by atoms with van der Waals surface area (Å²) in [5.74, 6) is 1.69. The lowest BCUT2D eigenvalue weighted by atomic mass is 9.94. The third-order valence-corrected chi connectivity index (χ3v) is 3.18. The molecule has 0 saturated heterocycles. The second-order valence-electron chi connectivity index (χ2n) is 5.13. The van der Waals surface area contributed by atoms with Crippen molar-refractivity contribution in [3.8, 4) is 0 Å². The molecule has 0 amide bonds. The fourth-order valence-corrected chi connectivity index (χ4v) is 2.20. The maximum Gasteiger partial charge on any atom is 0.0123 e. The predicted molar refractivity (Wildman–Crippen MR) is 54.2 cm³/mol. The van der Waals surface area contributed by atoms with Crippen LogP contribution in [0, 0.1) is 17.3 Å². The lowest BCUT2D eigenvalue weighted by Crippen LogP contribution is -2.36. The maximum absolute atomic E-state index is 3.60. The molecule has 1 rings (SSSR count). The van der Waals surface area contributed by atoms with Crippen LogP contribution < -0.4 is 5.32 Å². The Bertz CT molecular complexity index is 149. The molecule has 1 saturated carbocycles. The molecule has 0 spiro atoms. The van der Waals surface area contributed by atoms with E-state index in [4.69, 9.17) is 0 Å². The highest BCUT2D eigenvalue weighted by molar-refractivity contribution is 5.02. The fourth-order valence-electron chi connectivity index (χ4n) is 2.20. The Balaban J connectivity index is 2.45. The Morgan fingerprint density at radius 2 is 1.92 bits per heavy atom. The minimum Gasteiger partial charge on any atom is -0.314 e. The van der Waals surface area contributed by atoms with Crippen LogP contribution in [0.15, 0.2) is 0 Å². The van der Waals surface area contributed by atoms with Gasteiger partial charge in [-0.05, 0) is 30.2 Å². The molecule has 1 fully saturated rings. The van der Waals surface area contributed by atoms with Crippen molar-refractivity contribution in [2.24, 2.45) is 17.3 Å². The first kappa shape index (κ1) is 10.0. The highest BCUT2D eigenvalue weighted by atomic mass is 14.9. The molecule has 2 atom stereocenters. The van der Waals surface area contributed by atoms with Gasteiger partial charge < -0.3 is 5.32 Å². The molecule has 0 bridgehead atoms. The molecule has 1 nitrogen and oxygen atoms in total. The van der Waals surface area contributed by atoms with Gasteiger partial charge in [0.1, 0.15) is 0 Å². The van der Waals surface area contributed by atoms with E-state index in [9.17, 15) is 0 Å². The molecule has 12 heavy (non-hydrogen) atoms. The fraction of sp³-hybridized carbons (Fsp3) is 1.00. The van der Waals surface area contributed by atoms with Crippen molar-refractivity contribution in [1.82, 2.24) is 5.32 Å². The van der Waals surface area contributed by atoms with E-state index in [0.29, 0.717) is 5.41 Å². The van der Waals surface area contributed by atoms with Crippen LogP contribution in [0.2, 0.25) is 0 Å². The largest absolute Gasteiger partial charge is 0.314 e. The molecule has 0 aromatic rings. The van der Waals surface area contributed by atoms with Gasteiger partial charge >= 0.3 is 0 Å². The highest BCUT2D eigenvalue weighted by Gasteiger charge is 2.50.